The smallest absolute Gasteiger partial charge is 0.225 e. The van der Waals surface area contributed by atoms with Gasteiger partial charge >= 0.3 is 0 Å². The van der Waals surface area contributed by atoms with Crippen molar-refractivity contribution in [1.82, 2.24) is 5.16 Å². The molecule has 0 aromatic carbocycles. The molecule has 2 heterocycles. The van der Waals surface area contributed by atoms with E-state index in [1.165, 1.54) is 24.3 Å². The summed E-state index contributed by atoms with van der Waals surface area (Å²) in [5.41, 5.74) is 6.74. The Bertz CT molecular complexity index is 255. The molecule has 12 heavy (non-hydrogen) atoms. The van der Waals surface area contributed by atoms with E-state index in [0.717, 1.165) is 5.56 Å². The second kappa shape index (κ2) is 3.39. The molecular weight excluding hydrogens is 172 g/mol. The van der Waals surface area contributed by atoms with Gasteiger partial charge in [-0.3, -0.25) is 0 Å². The normalized spacial score (nSPS) is 19.7. The molecule has 2 N–H and O–H groups in total. The molecule has 1 aliphatic heterocycles. The predicted molar refractivity (Wildman–Crippen MR) is 50.2 cm³/mol. The molecule has 1 aromatic heterocycles. The van der Waals surface area contributed by atoms with Crippen LogP contribution >= 0.6 is 11.8 Å². The van der Waals surface area contributed by atoms with Gasteiger partial charge in [0.15, 0.2) is 0 Å². The van der Waals surface area contributed by atoms with Gasteiger partial charge in [0.25, 0.3) is 0 Å². The highest BCUT2D eigenvalue weighted by molar-refractivity contribution is 7.99. The van der Waals surface area contributed by atoms with Crippen molar-refractivity contribution in [3.63, 3.8) is 0 Å². The van der Waals surface area contributed by atoms with Crippen molar-refractivity contribution in [2.24, 2.45) is 0 Å². The van der Waals surface area contributed by atoms with Gasteiger partial charge in [-0.1, -0.05) is 5.16 Å². The van der Waals surface area contributed by atoms with E-state index in [1.807, 2.05) is 11.8 Å². The van der Waals surface area contributed by atoms with Crippen molar-refractivity contribution < 1.29 is 4.52 Å². The first kappa shape index (κ1) is 7.98. The number of nitrogens with two attached hydrogens (primary N) is 1. The molecule has 0 atom stereocenters. The Morgan fingerprint density at radius 1 is 1.50 bits per heavy atom. The van der Waals surface area contributed by atoms with Gasteiger partial charge in [0.2, 0.25) is 5.88 Å². The molecule has 0 spiro atoms. The van der Waals surface area contributed by atoms with Crippen LogP contribution in [0.4, 0.5) is 5.88 Å². The van der Waals surface area contributed by atoms with E-state index in [9.17, 15) is 0 Å². The third-order valence-electron chi connectivity index (χ3n) is 2.29. The van der Waals surface area contributed by atoms with E-state index < -0.39 is 0 Å². The van der Waals surface area contributed by atoms with Crippen LogP contribution < -0.4 is 5.73 Å². The Hall–Kier alpha value is -0.640. The summed E-state index contributed by atoms with van der Waals surface area (Å²) in [4.78, 5) is 0. The van der Waals surface area contributed by atoms with Gasteiger partial charge in [-0.25, -0.2) is 0 Å². The van der Waals surface area contributed by atoms with Crippen molar-refractivity contribution >= 4 is 17.6 Å². The second-order valence-corrected chi connectivity index (χ2v) is 4.26. The Morgan fingerprint density at radius 3 is 2.83 bits per heavy atom. The summed E-state index contributed by atoms with van der Waals surface area (Å²) >= 11 is 2.01. The van der Waals surface area contributed by atoms with E-state index in [4.69, 9.17) is 10.3 Å². The van der Waals surface area contributed by atoms with Crippen LogP contribution in [0.2, 0.25) is 0 Å². The van der Waals surface area contributed by atoms with E-state index in [0.29, 0.717) is 11.8 Å². The fourth-order valence-electron chi connectivity index (χ4n) is 1.57. The van der Waals surface area contributed by atoms with Crippen molar-refractivity contribution in [2.45, 2.75) is 18.8 Å². The molecule has 0 bridgehead atoms. The molecule has 1 aromatic rings. The lowest BCUT2D eigenvalue weighted by molar-refractivity contribution is 0.435. The van der Waals surface area contributed by atoms with Crippen LogP contribution in [0.5, 0.6) is 0 Å². The van der Waals surface area contributed by atoms with Crippen molar-refractivity contribution in [3.05, 3.63) is 11.8 Å². The van der Waals surface area contributed by atoms with E-state index in [1.54, 1.807) is 6.20 Å². The van der Waals surface area contributed by atoms with Gasteiger partial charge in [-0.05, 0) is 30.3 Å². The fourth-order valence-corrected chi connectivity index (χ4v) is 2.68. The van der Waals surface area contributed by atoms with Gasteiger partial charge in [0.1, 0.15) is 0 Å². The minimum atomic E-state index is 0.506. The van der Waals surface area contributed by atoms with Crippen LogP contribution in [0.25, 0.3) is 0 Å². The molecular formula is C8H12N2OS. The maximum absolute atomic E-state index is 5.64. The number of thioether (sulfide) groups is 1. The second-order valence-electron chi connectivity index (χ2n) is 3.03. The maximum Gasteiger partial charge on any atom is 0.225 e. The summed E-state index contributed by atoms with van der Waals surface area (Å²) in [5, 5.41) is 3.69. The van der Waals surface area contributed by atoms with Crippen LogP contribution in [0.15, 0.2) is 10.7 Å². The molecule has 0 amide bonds. The number of hydrogen-bond acceptors (Lipinski definition) is 4. The summed E-state index contributed by atoms with van der Waals surface area (Å²) in [7, 11) is 0. The van der Waals surface area contributed by atoms with Gasteiger partial charge in [0.05, 0.1) is 6.20 Å². The highest BCUT2D eigenvalue weighted by Crippen LogP contribution is 2.33. The number of rotatable bonds is 1. The number of nitrogens with zero attached hydrogens (tertiary/aromatic N) is 1. The number of anilines is 1. The molecule has 0 unspecified atom stereocenters. The molecule has 66 valence electrons. The SMILES string of the molecule is Nc1oncc1C1CCSCC1. The standard InChI is InChI=1S/C8H12N2OS/c9-8-7(5-10-11-8)6-1-3-12-4-2-6/h5-6H,1-4,9H2. The highest BCUT2D eigenvalue weighted by atomic mass is 32.2. The van der Waals surface area contributed by atoms with Crippen LogP contribution in [0.3, 0.4) is 0 Å². The third kappa shape index (κ3) is 1.43. The monoisotopic (exact) mass is 184 g/mol. The maximum atomic E-state index is 5.64. The van der Waals surface area contributed by atoms with Crippen LogP contribution in [-0.4, -0.2) is 16.7 Å². The summed E-state index contributed by atoms with van der Waals surface area (Å²) in [6.45, 7) is 0. The Balaban J connectivity index is 2.13. The molecule has 1 fully saturated rings. The number of aromatic nitrogens is 1. The molecule has 3 nitrogen and oxygen atoms in total. The predicted octanol–water partition coefficient (Wildman–Crippen LogP) is 1.87. The Morgan fingerprint density at radius 2 is 2.25 bits per heavy atom. The van der Waals surface area contributed by atoms with Crippen LogP contribution in [0, 0.1) is 0 Å². The van der Waals surface area contributed by atoms with Crippen molar-refractivity contribution in [2.75, 3.05) is 17.2 Å². The Kier molecular flexibility index (Phi) is 2.26. The molecule has 0 saturated carbocycles. The van der Waals surface area contributed by atoms with Gasteiger partial charge in [-0.15, -0.1) is 0 Å². The lowest BCUT2D eigenvalue weighted by atomic mass is 9.96. The van der Waals surface area contributed by atoms with Gasteiger partial charge in [0, 0.05) is 5.56 Å². The molecule has 1 saturated heterocycles. The highest BCUT2D eigenvalue weighted by Gasteiger charge is 2.20. The lowest BCUT2D eigenvalue weighted by Crippen LogP contribution is -2.08. The quantitative estimate of drug-likeness (QED) is 0.724. The largest absolute Gasteiger partial charge is 0.367 e. The minimum absolute atomic E-state index is 0.506. The molecule has 0 aliphatic carbocycles. The van der Waals surface area contributed by atoms with Crippen molar-refractivity contribution in [3.8, 4) is 0 Å². The first-order valence-electron chi connectivity index (χ1n) is 4.15. The number of hydrogen-bond donors (Lipinski definition) is 1. The first-order chi connectivity index (χ1) is 5.88. The Labute approximate surface area is 75.7 Å². The zero-order valence-corrected chi connectivity index (χ0v) is 7.64. The average molecular weight is 184 g/mol. The van der Waals surface area contributed by atoms with Crippen molar-refractivity contribution in [1.29, 1.82) is 0 Å². The average Bonchev–Trinajstić information content (AvgIpc) is 2.53. The lowest BCUT2D eigenvalue weighted by Gasteiger charge is -2.19. The zero-order valence-electron chi connectivity index (χ0n) is 6.82. The van der Waals surface area contributed by atoms with Gasteiger partial charge < -0.3 is 10.3 Å². The summed E-state index contributed by atoms with van der Waals surface area (Å²) < 4.78 is 4.84. The van der Waals surface area contributed by atoms with Crippen LogP contribution in [-0.2, 0) is 0 Å². The summed E-state index contributed by atoms with van der Waals surface area (Å²) in [5.74, 6) is 3.55. The molecule has 2 rings (SSSR count). The minimum Gasteiger partial charge on any atom is -0.367 e. The summed E-state index contributed by atoms with van der Waals surface area (Å²) in [6, 6.07) is 0. The summed E-state index contributed by atoms with van der Waals surface area (Å²) in [6.07, 6.45) is 4.17. The molecule has 4 heteroatoms. The third-order valence-corrected chi connectivity index (χ3v) is 3.34. The first-order valence-corrected chi connectivity index (χ1v) is 5.31. The van der Waals surface area contributed by atoms with E-state index in [-0.39, 0.29) is 0 Å². The topological polar surface area (TPSA) is 52.0 Å². The zero-order chi connectivity index (χ0) is 8.39. The van der Waals surface area contributed by atoms with Gasteiger partial charge in [-0.2, -0.15) is 11.8 Å². The van der Waals surface area contributed by atoms with Crippen LogP contribution in [0.1, 0.15) is 24.3 Å². The van der Waals surface area contributed by atoms with E-state index in [2.05, 4.69) is 5.16 Å². The van der Waals surface area contributed by atoms with E-state index >= 15 is 0 Å². The fraction of sp³-hybridized carbons (Fsp3) is 0.625. The molecule has 0 radical (unpaired) electrons. The number of nitrogen functional groups attached to an aromatic ring is 1. The molecule has 1 aliphatic rings.